The average Bonchev–Trinajstić information content (AvgIpc) is 2.98. The van der Waals surface area contributed by atoms with Crippen molar-refractivity contribution in [2.45, 2.75) is 36.1 Å². The summed E-state index contributed by atoms with van der Waals surface area (Å²) in [5.74, 6) is -1.95. The minimum absolute atomic E-state index is 0.111. The molecule has 1 aromatic carbocycles. The van der Waals surface area contributed by atoms with Crippen molar-refractivity contribution in [3.8, 4) is 0 Å². The molecule has 1 N–H and O–H groups in total. The third kappa shape index (κ3) is 4.72. The fraction of sp³-hybridized carbons (Fsp3) is 0.500. The van der Waals surface area contributed by atoms with Crippen LogP contribution in [0.2, 0.25) is 0 Å². The topological polar surface area (TPSA) is 63.2 Å². The summed E-state index contributed by atoms with van der Waals surface area (Å²) in [6.07, 6.45) is -9.34. The quantitative estimate of drug-likeness (QED) is 0.805. The van der Waals surface area contributed by atoms with E-state index in [0.717, 1.165) is 0 Å². The van der Waals surface area contributed by atoms with E-state index >= 15 is 0 Å². The van der Waals surface area contributed by atoms with Crippen LogP contribution in [0, 0.1) is 0 Å². The van der Waals surface area contributed by atoms with Gasteiger partial charge in [0.1, 0.15) is 5.75 Å². The highest BCUT2D eigenvalue weighted by atomic mass is 32.2. The molecule has 0 amide bonds. The molecule has 2 rings (SSSR count). The summed E-state index contributed by atoms with van der Waals surface area (Å²) in [5, 5.41) is 2.73. The van der Waals surface area contributed by atoms with Crippen molar-refractivity contribution >= 4 is 15.6 Å². The number of rotatable bonds is 4. The predicted octanol–water partition coefficient (Wildman–Crippen LogP) is 2.82. The lowest BCUT2D eigenvalue weighted by Gasteiger charge is -2.15. The third-order valence-electron chi connectivity index (χ3n) is 3.70. The zero-order valence-corrected chi connectivity index (χ0v) is 13.4. The van der Waals surface area contributed by atoms with Gasteiger partial charge in [0.15, 0.2) is 15.6 Å². The van der Waals surface area contributed by atoms with Crippen molar-refractivity contribution < 1.29 is 39.6 Å². The first kappa shape index (κ1) is 19.7. The number of hydrogen-bond donors (Lipinski definition) is 1. The van der Waals surface area contributed by atoms with Crippen LogP contribution in [0.4, 0.5) is 26.3 Å². The Balaban J connectivity index is 2.43. The maximum absolute atomic E-state index is 12.8. The van der Waals surface area contributed by atoms with E-state index in [-0.39, 0.29) is 18.2 Å². The SMILES string of the molecule is O=C(CS(=O)(=O)c1cc(C(F)(F)F)cc(C(F)(F)F)c1)[C@@H]1CCCN1. The van der Waals surface area contributed by atoms with Crippen LogP contribution in [0.5, 0.6) is 0 Å². The highest BCUT2D eigenvalue weighted by Gasteiger charge is 2.39. The lowest BCUT2D eigenvalue weighted by atomic mass is 10.1. The van der Waals surface area contributed by atoms with Gasteiger partial charge in [-0.2, -0.15) is 26.3 Å². The highest BCUT2D eigenvalue weighted by Crippen LogP contribution is 2.37. The summed E-state index contributed by atoms with van der Waals surface area (Å²) in [4.78, 5) is 10.7. The Morgan fingerprint density at radius 3 is 1.96 bits per heavy atom. The van der Waals surface area contributed by atoms with Crippen LogP contribution in [0.15, 0.2) is 23.1 Å². The van der Waals surface area contributed by atoms with Crippen LogP contribution >= 0.6 is 0 Å². The van der Waals surface area contributed by atoms with E-state index in [2.05, 4.69) is 5.32 Å². The summed E-state index contributed by atoms with van der Waals surface area (Å²) in [7, 11) is -4.65. The zero-order chi connectivity index (χ0) is 19.0. The largest absolute Gasteiger partial charge is 0.416 e. The molecule has 1 aromatic rings. The molecular weight excluding hydrogens is 376 g/mol. The monoisotopic (exact) mass is 389 g/mol. The minimum atomic E-state index is -5.16. The fourth-order valence-electron chi connectivity index (χ4n) is 2.44. The molecule has 140 valence electrons. The predicted molar refractivity (Wildman–Crippen MR) is 74.5 cm³/mol. The summed E-state index contributed by atoms with van der Waals surface area (Å²) in [6.45, 7) is 0.484. The molecule has 1 aliphatic rings. The molecule has 0 spiro atoms. The van der Waals surface area contributed by atoms with Gasteiger partial charge in [0.05, 0.1) is 22.1 Å². The van der Waals surface area contributed by atoms with Crippen molar-refractivity contribution in [2.75, 3.05) is 12.3 Å². The lowest BCUT2D eigenvalue weighted by Crippen LogP contribution is -2.35. The molecule has 0 aromatic heterocycles. The van der Waals surface area contributed by atoms with E-state index in [0.29, 0.717) is 19.4 Å². The molecule has 11 heteroatoms. The smallest absolute Gasteiger partial charge is 0.307 e. The number of carbonyl (C=O) groups is 1. The fourth-order valence-corrected chi connectivity index (χ4v) is 3.79. The van der Waals surface area contributed by atoms with Gasteiger partial charge < -0.3 is 5.32 Å². The van der Waals surface area contributed by atoms with Gasteiger partial charge in [-0.3, -0.25) is 4.79 Å². The minimum Gasteiger partial charge on any atom is -0.307 e. The molecule has 0 aliphatic carbocycles. The summed E-state index contributed by atoms with van der Waals surface area (Å²) >= 11 is 0. The normalized spacial score (nSPS) is 19.2. The van der Waals surface area contributed by atoms with Gasteiger partial charge in [-0.15, -0.1) is 0 Å². The molecule has 1 fully saturated rings. The Morgan fingerprint density at radius 1 is 1.04 bits per heavy atom. The number of hydrogen-bond acceptors (Lipinski definition) is 4. The van der Waals surface area contributed by atoms with Gasteiger partial charge in [-0.05, 0) is 37.6 Å². The zero-order valence-electron chi connectivity index (χ0n) is 12.5. The van der Waals surface area contributed by atoms with Crippen LogP contribution in [0.1, 0.15) is 24.0 Å². The molecule has 0 saturated carbocycles. The molecular formula is C14H13F6NO3S. The van der Waals surface area contributed by atoms with Crippen molar-refractivity contribution in [2.24, 2.45) is 0 Å². The van der Waals surface area contributed by atoms with Crippen molar-refractivity contribution in [3.05, 3.63) is 29.3 Å². The summed E-state index contributed by atoms with van der Waals surface area (Å²) < 4.78 is 101. The Hall–Kier alpha value is -1.62. The second kappa shape index (κ2) is 6.60. The number of carbonyl (C=O) groups excluding carboxylic acids is 1. The second-order valence-electron chi connectivity index (χ2n) is 5.62. The van der Waals surface area contributed by atoms with Crippen molar-refractivity contribution in [1.82, 2.24) is 5.32 Å². The third-order valence-corrected chi connectivity index (χ3v) is 5.32. The van der Waals surface area contributed by atoms with Gasteiger partial charge in [0.25, 0.3) is 0 Å². The maximum atomic E-state index is 12.8. The second-order valence-corrected chi connectivity index (χ2v) is 7.61. The Morgan fingerprint density at radius 2 is 1.56 bits per heavy atom. The molecule has 0 bridgehead atoms. The first-order valence-electron chi connectivity index (χ1n) is 7.09. The molecule has 1 heterocycles. The lowest BCUT2D eigenvalue weighted by molar-refractivity contribution is -0.143. The number of benzene rings is 1. The summed E-state index contributed by atoms with van der Waals surface area (Å²) in [6, 6.07) is -0.707. The molecule has 0 radical (unpaired) electrons. The molecule has 4 nitrogen and oxygen atoms in total. The van der Waals surface area contributed by atoms with E-state index in [9.17, 15) is 39.6 Å². The molecule has 0 unspecified atom stereocenters. The molecule has 1 saturated heterocycles. The van der Waals surface area contributed by atoms with Crippen LogP contribution in [-0.2, 0) is 27.0 Å². The Labute approximate surface area is 139 Å². The van der Waals surface area contributed by atoms with Gasteiger partial charge in [-0.25, -0.2) is 8.42 Å². The van der Waals surface area contributed by atoms with Crippen LogP contribution in [0.25, 0.3) is 0 Å². The Bertz CT molecular complexity index is 732. The summed E-state index contributed by atoms with van der Waals surface area (Å²) in [5.41, 5.74) is -3.49. The first-order chi connectivity index (χ1) is 11.3. The van der Waals surface area contributed by atoms with E-state index in [4.69, 9.17) is 0 Å². The van der Waals surface area contributed by atoms with E-state index in [1.54, 1.807) is 0 Å². The van der Waals surface area contributed by atoms with Crippen LogP contribution in [0.3, 0.4) is 0 Å². The van der Waals surface area contributed by atoms with Gasteiger partial charge in [-0.1, -0.05) is 0 Å². The number of alkyl halides is 6. The van der Waals surface area contributed by atoms with E-state index < -0.39 is 55.8 Å². The number of nitrogens with one attached hydrogen (secondary N) is 1. The first-order valence-corrected chi connectivity index (χ1v) is 8.74. The Kier molecular flexibility index (Phi) is 5.20. The standard InChI is InChI=1S/C14H13F6NO3S/c15-13(16,17)8-4-9(14(18,19)20)6-10(5-8)25(23,24)7-12(22)11-2-1-3-21-11/h4-6,11,21H,1-3,7H2/t11-/m0/s1. The maximum Gasteiger partial charge on any atom is 0.416 e. The number of sulfone groups is 1. The average molecular weight is 389 g/mol. The highest BCUT2D eigenvalue weighted by molar-refractivity contribution is 7.92. The van der Waals surface area contributed by atoms with Gasteiger partial charge >= 0.3 is 12.4 Å². The van der Waals surface area contributed by atoms with Gasteiger partial charge in [0, 0.05) is 0 Å². The number of Topliss-reactive ketones (excluding diaryl/α,β-unsaturated/α-hetero) is 1. The molecule has 1 atom stereocenters. The number of halogens is 6. The van der Waals surface area contributed by atoms with Crippen LogP contribution < -0.4 is 5.32 Å². The van der Waals surface area contributed by atoms with Crippen molar-refractivity contribution in [3.63, 3.8) is 0 Å². The molecule has 25 heavy (non-hydrogen) atoms. The molecule has 1 aliphatic heterocycles. The van der Waals surface area contributed by atoms with Crippen LogP contribution in [-0.4, -0.2) is 32.5 Å². The van der Waals surface area contributed by atoms with Gasteiger partial charge in [0.2, 0.25) is 0 Å². The van der Waals surface area contributed by atoms with E-state index in [1.807, 2.05) is 0 Å². The van der Waals surface area contributed by atoms with E-state index in [1.165, 1.54) is 0 Å². The number of ketones is 1. The van der Waals surface area contributed by atoms with Crippen molar-refractivity contribution in [1.29, 1.82) is 0 Å².